The van der Waals surface area contributed by atoms with E-state index in [0.29, 0.717) is 6.54 Å². The molecule has 0 aromatic heterocycles. The van der Waals surface area contributed by atoms with Crippen LogP contribution in [0.15, 0.2) is 12.1 Å². The van der Waals surface area contributed by atoms with Crippen molar-refractivity contribution in [2.45, 2.75) is 33.2 Å². The van der Waals surface area contributed by atoms with E-state index in [4.69, 9.17) is 10.5 Å². The standard InChI is InChI=1S/C14H24N2O/c1-10-8-13(17-6)11(2)7-12(10)16(5)14(3,4)9-15/h7-8H,9,15H2,1-6H3. The van der Waals surface area contributed by atoms with Gasteiger partial charge in [-0.25, -0.2) is 0 Å². The van der Waals surface area contributed by atoms with Gasteiger partial charge in [0.1, 0.15) is 5.75 Å². The zero-order valence-electron chi connectivity index (χ0n) is 11.8. The first-order valence-corrected chi connectivity index (χ1v) is 5.92. The predicted molar refractivity (Wildman–Crippen MR) is 74.0 cm³/mol. The van der Waals surface area contributed by atoms with Gasteiger partial charge in [-0.3, -0.25) is 0 Å². The highest BCUT2D eigenvalue weighted by Gasteiger charge is 2.23. The lowest BCUT2D eigenvalue weighted by Gasteiger charge is -2.37. The van der Waals surface area contributed by atoms with Crippen LogP contribution in [0.1, 0.15) is 25.0 Å². The zero-order valence-corrected chi connectivity index (χ0v) is 11.8. The molecule has 3 nitrogen and oxygen atoms in total. The molecule has 0 amide bonds. The second kappa shape index (κ2) is 4.96. The fourth-order valence-electron chi connectivity index (χ4n) is 1.82. The molecule has 0 spiro atoms. The monoisotopic (exact) mass is 236 g/mol. The van der Waals surface area contributed by atoms with Gasteiger partial charge in [0.25, 0.3) is 0 Å². The number of nitrogens with zero attached hydrogens (tertiary/aromatic N) is 1. The number of benzene rings is 1. The maximum absolute atomic E-state index is 5.82. The molecule has 0 bridgehead atoms. The van der Waals surface area contributed by atoms with Crippen molar-refractivity contribution in [3.05, 3.63) is 23.3 Å². The number of hydrogen-bond donors (Lipinski definition) is 1. The Morgan fingerprint density at radius 3 is 2.29 bits per heavy atom. The zero-order chi connectivity index (χ0) is 13.2. The summed E-state index contributed by atoms with van der Waals surface area (Å²) in [5, 5.41) is 0. The SMILES string of the molecule is COc1cc(C)c(N(C)C(C)(C)CN)cc1C. The van der Waals surface area contributed by atoms with Gasteiger partial charge in [0.15, 0.2) is 0 Å². The van der Waals surface area contributed by atoms with Gasteiger partial charge < -0.3 is 15.4 Å². The number of hydrogen-bond acceptors (Lipinski definition) is 3. The summed E-state index contributed by atoms with van der Waals surface area (Å²) in [7, 11) is 3.79. The maximum Gasteiger partial charge on any atom is 0.122 e. The highest BCUT2D eigenvalue weighted by molar-refractivity contribution is 5.59. The van der Waals surface area contributed by atoms with Gasteiger partial charge in [0, 0.05) is 24.8 Å². The smallest absolute Gasteiger partial charge is 0.122 e. The summed E-state index contributed by atoms with van der Waals surface area (Å²) < 4.78 is 5.33. The van der Waals surface area contributed by atoms with Crippen LogP contribution < -0.4 is 15.4 Å². The normalized spacial score (nSPS) is 11.5. The molecule has 1 aromatic carbocycles. The molecule has 1 rings (SSSR count). The molecule has 0 fully saturated rings. The van der Waals surface area contributed by atoms with Crippen LogP contribution in [0.2, 0.25) is 0 Å². The third kappa shape index (κ3) is 2.72. The van der Waals surface area contributed by atoms with Crippen molar-refractivity contribution < 1.29 is 4.74 Å². The van der Waals surface area contributed by atoms with Crippen LogP contribution in [-0.4, -0.2) is 26.2 Å². The van der Waals surface area contributed by atoms with Gasteiger partial charge in [0.05, 0.1) is 7.11 Å². The lowest BCUT2D eigenvalue weighted by molar-refractivity contribution is 0.411. The molecule has 3 heteroatoms. The summed E-state index contributed by atoms with van der Waals surface area (Å²) in [5.41, 5.74) is 9.33. The van der Waals surface area contributed by atoms with E-state index < -0.39 is 0 Å². The van der Waals surface area contributed by atoms with Crippen molar-refractivity contribution in [1.82, 2.24) is 0 Å². The molecule has 0 heterocycles. The second-order valence-electron chi connectivity index (χ2n) is 5.18. The van der Waals surface area contributed by atoms with Crippen LogP contribution in [-0.2, 0) is 0 Å². The molecule has 0 aliphatic carbocycles. The van der Waals surface area contributed by atoms with E-state index in [-0.39, 0.29) is 5.54 Å². The summed E-state index contributed by atoms with van der Waals surface area (Å²) in [6.45, 7) is 9.07. The predicted octanol–water partition coefficient (Wildman–Crippen LogP) is 2.49. The van der Waals surface area contributed by atoms with Crippen LogP contribution in [0.25, 0.3) is 0 Å². The van der Waals surface area contributed by atoms with Gasteiger partial charge in [0.2, 0.25) is 0 Å². The number of aryl methyl sites for hydroxylation is 2. The molecule has 1 aromatic rings. The molecule has 0 radical (unpaired) electrons. The van der Waals surface area contributed by atoms with E-state index in [9.17, 15) is 0 Å². The van der Waals surface area contributed by atoms with E-state index in [1.165, 1.54) is 11.3 Å². The summed E-state index contributed by atoms with van der Waals surface area (Å²) in [6, 6.07) is 4.24. The molecule has 0 unspecified atom stereocenters. The van der Waals surface area contributed by atoms with E-state index in [2.05, 4.69) is 51.8 Å². The van der Waals surface area contributed by atoms with Crippen molar-refractivity contribution in [2.75, 3.05) is 25.6 Å². The Morgan fingerprint density at radius 1 is 1.24 bits per heavy atom. The van der Waals surface area contributed by atoms with E-state index in [1.807, 2.05) is 0 Å². The maximum atomic E-state index is 5.82. The molecule has 17 heavy (non-hydrogen) atoms. The number of anilines is 1. The average molecular weight is 236 g/mol. The van der Waals surface area contributed by atoms with Crippen LogP contribution in [0.4, 0.5) is 5.69 Å². The Balaban J connectivity index is 3.19. The highest BCUT2D eigenvalue weighted by atomic mass is 16.5. The number of nitrogens with two attached hydrogens (primary N) is 1. The Labute approximate surface area is 105 Å². The first-order valence-electron chi connectivity index (χ1n) is 5.92. The minimum Gasteiger partial charge on any atom is -0.496 e. The summed E-state index contributed by atoms with van der Waals surface area (Å²) in [5.74, 6) is 0.935. The van der Waals surface area contributed by atoms with Gasteiger partial charge in [-0.2, -0.15) is 0 Å². The summed E-state index contributed by atoms with van der Waals surface area (Å²) in [6.07, 6.45) is 0. The fourth-order valence-corrected chi connectivity index (χ4v) is 1.82. The molecule has 0 saturated heterocycles. The van der Waals surface area contributed by atoms with Crippen molar-refractivity contribution in [2.24, 2.45) is 5.73 Å². The van der Waals surface area contributed by atoms with E-state index >= 15 is 0 Å². The van der Waals surface area contributed by atoms with Crippen molar-refractivity contribution in [1.29, 1.82) is 0 Å². The van der Waals surface area contributed by atoms with Crippen molar-refractivity contribution in [3.63, 3.8) is 0 Å². The van der Waals surface area contributed by atoms with Crippen molar-refractivity contribution in [3.8, 4) is 5.75 Å². The number of methoxy groups -OCH3 is 1. The van der Waals surface area contributed by atoms with E-state index in [0.717, 1.165) is 11.3 Å². The molecule has 2 N–H and O–H groups in total. The molecule has 96 valence electrons. The lowest BCUT2D eigenvalue weighted by atomic mass is 10.0. The molecule has 0 aliphatic heterocycles. The Morgan fingerprint density at radius 2 is 1.82 bits per heavy atom. The molecular formula is C14H24N2O. The molecular weight excluding hydrogens is 212 g/mol. The average Bonchev–Trinajstić information content (AvgIpc) is 2.30. The quantitative estimate of drug-likeness (QED) is 0.873. The largest absolute Gasteiger partial charge is 0.496 e. The minimum atomic E-state index is -0.0498. The van der Waals surface area contributed by atoms with Crippen molar-refractivity contribution >= 4 is 5.69 Å². The number of ether oxygens (including phenoxy) is 1. The Bertz CT molecular complexity index is 399. The highest BCUT2D eigenvalue weighted by Crippen LogP contribution is 2.31. The van der Waals surface area contributed by atoms with Crippen LogP contribution in [0.5, 0.6) is 5.75 Å². The minimum absolute atomic E-state index is 0.0498. The summed E-state index contributed by atoms with van der Waals surface area (Å²) in [4.78, 5) is 2.23. The number of rotatable bonds is 4. The van der Waals surface area contributed by atoms with E-state index in [1.54, 1.807) is 7.11 Å². The van der Waals surface area contributed by atoms with Gasteiger partial charge in [-0.05, 0) is 51.0 Å². The fraction of sp³-hybridized carbons (Fsp3) is 0.571. The first kappa shape index (κ1) is 13.8. The molecule has 0 aliphatic rings. The lowest BCUT2D eigenvalue weighted by Crippen LogP contribution is -2.47. The van der Waals surface area contributed by atoms with Crippen LogP contribution >= 0.6 is 0 Å². The van der Waals surface area contributed by atoms with Crippen LogP contribution in [0.3, 0.4) is 0 Å². The Kier molecular flexibility index (Phi) is 4.04. The molecule has 0 atom stereocenters. The second-order valence-corrected chi connectivity index (χ2v) is 5.18. The third-order valence-electron chi connectivity index (χ3n) is 3.48. The Hall–Kier alpha value is -1.22. The third-order valence-corrected chi connectivity index (χ3v) is 3.48. The molecule has 0 saturated carbocycles. The number of likely N-dealkylation sites (N-methyl/N-ethyl adjacent to an activating group) is 1. The topological polar surface area (TPSA) is 38.5 Å². The van der Waals surface area contributed by atoms with Crippen LogP contribution in [0, 0.1) is 13.8 Å². The van der Waals surface area contributed by atoms with Gasteiger partial charge in [-0.1, -0.05) is 0 Å². The summed E-state index contributed by atoms with van der Waals surface area (Å²) >= 11 is 0. The van der Waals surface area contributed by atoms with Gasteiger partial charge >= 0.3 is 0 Å². The van der Waals surface area contributed by atoms with Gasteiger partial charge in [-0.15, -0.1) is 0 Å². The first-order chi connectivity index (χ1) is 7.83.